The molecule has 98 valence electrons. The van der Waals surface area contributed by atoms with Gasteiger partial charge in [0.15, 0.2) is 0 Å². The molecule has 1 aliphatic rings. The summed E-state index contributed by atoms with van der Waals surface area (Å²) < 4.78 is 0. The number of hydrogen-bond acceptors (Lipinski definition) is 3. The molecule has 0 heterocycles. The fourth-order valence-electron chi connectivity index (χ4n) is 2.21. The highest BCUT2D eigenvalue weighted by Crippen LogP contribution is 2.31. The van der Waals surface area contributed by atoms with Crippen molar-refractivity contribution in [1.29, 1.82) is 0 Å². The fraction of sp³-hybridized carbons (Fsp3) is 0.500. The van der Waals surface area contributed by atoms with Crippen LogP contribution in [0.3, 0.4) is 0 Å². The second-order valence-electron chi connectivity index (χ2n) is 4.88. The standard InChI is InChI=1S/C14H19NO2S/c1-9(2)18-8-13(17)15-14-11-6-4-3-5-10(11)7-12(14)16/h3-6,9,12,14,16H,7-8H2,1-2H3,(H,15,17)/t12-,14+/m1/s1. The minimum Gasteiger partial charge on any atom is -0.390 e. The highest BCUT2D eigenvalue weighted by atomic mass is 32.2. The molecule has 0 spiro atoms. The molecule has 0 fully saturated rings. The Labute approximate surface area is 112 Å². The van der Waals surface area contributed by atoms with Crippen LogP contribution < -0.4 is 5.32 Å². The lowest BCUT2D eigenvalue weighted by molar-refractivity contribution is -0.120. The van der Waals surface area contributed by atoms with Gasteiger partial charge in [0.2, 0.25) is 5.91 Å². The molecule has 1 amide bonds. The number of fused-ring (bicyclic) bond motifs is 1. The van der Waals surface area contributed by atoms with Gasteiger partial charge in [0.25, 0.3) is 0 Å². The summed E-state index contributed by atoms with van der Waals surface area (Å²) in [5.41, 5.74) is 2.18. The van der Waals surface area contributed by atoms with Gasteiger partial charge in [-0.25, -0.2) is 0 Å². The third-order valence-corrected chi connectivity index (χ3v) is 4.16. The Morgan fingerprint density at radius 3 is 2.94 bits per heavy atom. The van der Waals surface area contributed by atoms with E-state index in [2.05, 4.69) is 19.2 Å². The van der Waals surface area contributed by atoms with Gasteiger partial charge in [0.1, 0.15) is 0 Å². The molecule has 0 aliphatic heterocycles. The highest BCUT2D eigenvalue weighted by molar-refractivity contribution is 8.00. The lowest BCUT2D eigenvalue weighted by Gasteiger charge is -2.18. The van der Waals surface area contributed by atoms with E-state index < -0.39 is 6.10 Å². The lowest BCUT2D eigenvalue weighted by atomic mass is 10.1. The van der Waals surface area contributed by atoms with Crippen molar-refractivity contribution in [3.63, 3.8) is 0 Å². The van der Waals surface area contributed by atoms with E-state index in [9.17, 15) is 9.90 Å². The largest absolute Gasteiger partial charge is 0.390 e. The second-order valence-corrected chi connectivity index (χ2v) is 6.44. The van der Waals surface area contributed by atoms with Crippen LogP contribution in [-0.4, -0.2) is 28.1 Å². The topological polar surface area (TPSA) is 49.3 Å². The number of benzene rings is 1. The minimum absolute atomic E-state index is 0.00514. The number of hydrogen-bond donors (Lipinski definition) is 2. The average Bonchev–Trinajstić information content (AvgIpc) is 2.64. The quantitative estimate of drug-likeness (QED) is 0.874. The van der Waals surface area contributed by atoms with Crippen molar-refractivity contribution in [2.75, 3.05) is 5.75 Å². The molecule has 18 heavy (non-hydrogen) atoms. The van der Waals surface area contributed by atoms with E-state index in [1.807, 2.05) is 24.3 Å². The third kappa shape index (κ3) is 3.06. The zero-order valence-corrected chi connectivity index (χ0v) is 11.5. The number of aliphatic hydroxyl groups is 1. The maximum absolute atomic E-state index is 11.8. The Bertz CT molecular complexity index is 434. The van der Waals surface area contributed by atoms with E-state index in [0.29, 0.717) is 17.4 Å². The van der Waals surface area contributed by atoms with Gasteiger partial charge in [-0.15, -0.1) is 11.8 Å². The molecule has 1 aliphatic carbocycles. The van der Waals surface area contributed by atoms with Crippen LogP contribution in [0.25, 0.3) is 0 Å². The van der Waals surface area contributed by atoms with Gasteiger partial charge < -0.3 is 10.4 Å². The first-order chi connectivity index (χ1) is 8.58. The third-order valence-electron chi connectivity index (χ3n) is 3.07. The molecule has 0 saturated carbocycles. The first-order valence-corrected chi connectivity index (χ1v) is 7.29. The molecule has 0 unspecified atom stereocenters. The first kappa shape index (κ1) is 13.4. The summed E-state index contributed by atoms with van der Waals surface area (Å²) in [5.74, 6) is 0.442. The summed E-state index contributed by atoms with van der Waals surface area (Å²) in [5, 5.41) is 13.4. The average molecular weight is 265 g/mol. The Morgan fingerprint density at radius 2 is 2.22 bits per heavy atom. The predicted octanol–water partition coefficient (Wildman–Crippen LogP) is 1.90. The maximum Gasteiger partial charge on any atom is 0.230 e. The second kappa shape index (κ2) is 5.76. The van der Waals surface area contributed by atoms with Crippen LogP contribution in [0.2, 0.25) is 0 Å². The molecule has 0 bridgehead atoms. The van der Waals surface area contributed by atoms with Crippen LogP contribution in [0, 0.1) is 0 Å². The van der Waals surface area contributed by atoms with Crippen molar-refractivity contribution in [1.82, 2.24) is 5.32 Å². The summed E-state index contributed by atoms with van der Waals surface area (Å²) in [6.07, 6.45) is 0.119. The molecule has 1 aromatic rings. The van der Waals surface area contributed by atoms with Crippen molar-refractivity contribution in [3.05, 3.63) is 35.4 Å². The van der Waals surface area contributed by atoms with E-state index in [0.717, 1.165) is 11.1 Å². The molecule has 0 aromatic heterocycles. The molecular formula is C14H19NO2S. The van der Waals surface area contributed by atoms with Crippen molar-refractivity contribution in [3.8, 4) is 0 Å². The van der Waals surface area contributed by atoms with Crippen LogP contribution in [0.15, 0.2) is 24.3 Å². The van der Waals surface area contributed by atoms with E-state index >= 15 is 0 Å². The van der Waals surface area contributed by atoms with Gasteiger partial charge >= 0.3 is 0 Å². The van der Waals surface area contributed by atoms with E-state index in [4.69, 9.17) is 0 Å². The first-order valence-electron chi connectivity index (χ1n) is 6.24. The maximum atomic E-state index is 11.8. The zero-order chi connectivity index (χ0) is 13.1. The molecule has 2 N–H and O–H groups in total. The number of thioether (sulfide) groups is 1. The highest BCUT2D eigenvalue weighted by Gasteiger charge is 2.31. The zero-order valence-electron chi connectivity index (χ0n) is 10.7. The molecule has 0 saturated heterocycles. The Hall–Kier alpha value is -1.00. The van der Waals surface area contributed by atoms with Crippen LogP contribution >= 0.6 is 11.8 Å². The van der Waals surface area contributed by atoms with E-state index in [1.165, 1.54) is 0 Å². The monoisotopic (exact) mass is 265 g/mol. The smallest absolute Gasteiger partial charge is 0.230 e. The van der Waals surface area contributed by atoms with Crippen molar-refractivity contribution in [2.45, 2.75) is 37.7 Å². The number of carbonyl (C=O) groups is 1. The van der Waals surface area contributed by atoms with Crippen molar-refractivity contribution in [2.24, 2.45) is 0 Å². The molecule has 4 heteroatoms. The van der Waals surface area contributed by atoms with E-state index in [-0.39, 0.29) is 11.9 Å². The molecule has 2 atom stereocenters. The molecule has 0 radical (unpaired) electrons. The number of amides is 1. The van der Waals surface area contributed by atoms with Gasteiger partial charge in [-0.3, -0.25) is 4.79 Å². The normalized spacial score (nSPS) is 22.0. The molecule has 3 nitrogen and oxygen atoms in total. The molecule has 2 rings (SSSR count). The van der Waals surface area contributed by atoms with E-state index in [1.54, 1.807) is 11.8 Å². The summed E-state index contributed by atoms with van der Waals surface area (Å²) in [6.45, 7) is 4.13. The molecule has 1 aromatic carbocycles. The van der Waals surface area contributed by atoms with Crippen molar-refractivity contribution < 1.29 is 9.90 Å². The Balaban J connectivity index is 1.99. The van der Waals surface area contributed by atoms with Crippen LogP contribution in [0.1, 0.15) is 31.0 Å². The number of rotatable bonds is 4. The predicted molar refractivity (Wildman–Crippen MR) is 74.6 cm³/mol. The van der Waals surface area contributed by atoms with Gasteiger partial charge in [0, 0.05) is 6.42 Å². The van der Waals surface area contributed by atoms with Crippen LogP contribution in [0.4, 0.5) is 0 Å². The fourth-order valence-corrected chi connectivity index (χ4v) is 2.77. The van der Waals surface area contributed by atoms with Gasteiger partial charge in [-0.05, 0) is 16.4 Å². The minimum atomic E-state index is -0.504. The van der Waals surface area contributed by atoms with Crippen LogP contribution in [-0.2, 0) is 11.2 Å². The number of nitrogens with one attached hydrogen (secondary N) is 1. The van der Waals surface area contributed by atoms with Gasteiger partial charge in [-0.2, -0.15) is 0 Å². The van der Waals surface area contributed by atoms with Crippen molar-refractivity contribution >= 4 is 17.7 Å². The lowest BCUT2D eigenvalue weighted by Crippen LogP contribution is -2.35. The Kier molecular flexibility index (Phi) is 4.30. The van der Waals surface area contributed by atoms with Gasteiger partial charge in [0.05, 0.1) is 17.9 Å². The molecular weight excluding hydrogens is 246 g/mol. The number of aliphatic hydroxyl groups excluding tert-OH is 1. The Morgan fingerprint density at radius 1 is 1.50 bits per heavy atom. The summed E-state index contributed by atoms with van der Waals surface area (Å²) >= 11 is 1.61. The van der Waals surface area contributed by atoms with Crippen LogP contribution in [0.5, 0.6) is 0 Å². The van der Waals surface area contributed by atoms with Gasteiger partial charge in [-0.1, -0.05) is 38.1 Å². The summed E-state index contributed by atoms with van der Waals surface area (Å²) in [4.78, 5) is 11.8. The summed E-state index contributed by atoms with van der Waals surface area (Å²) in [6, 6.07) is 7.64. The number of carbonyl (C=O) groups excluding carboxylic acids is 1. The summed E-state index contributed by atoms with van der Waals surface area (Å²) in [7, 11) is 0. The SMILES string of the molecule is CC(C)SCC(=O)N[C@H]1c2ccccc2C[C@H]1O.